The first kappa shape index (κ1) is 15.5. The number of halogens is 1. The van der Waals surface area contributed by atoms with E-state index in [0.29, 0.717) is 13.2 Å². The van der Waals surface area contributed by atoms with Gasteiger partial charge in [-0.1, -0.05) is 34.8 Å². The number of ether oxygens (including phenoxy) is 1. The van der Waals surface area contributed by atoms with Gasteiger partial charge in [-0.3, -0.25) is 4.79 Å². The second kappa shape index (κ2) is 6.70. The minimum absolute atomic E-state index is 0.0351. The normalized spacial score (nSPS) is 17.1. The smallest absolute Gasteiger partial charge is 0.231 e. The van der Waals surface area contributed by atoms with E-state index in [1.54, 1.807) is 7.11 Å². The van der Waals surface area contributed by atoms with E-state index >= 15 is 0 Å². The van der Waals surface area contributed by atoms with E-state index < -0.39 is 5.41 Å². The fraction of sp³-hybridized carbons (Fsp3) is 0.533. The molecule has 4 nitrogen and oxygen atoms in total. The highest BCUT2D eigenvalue weighted by molar-refractivity contribution is 9.10. The molecule has 0 spiro atoms. The van der Waals surface area contributed by atoms with Gasteiger partial charge in [0.2, 0.25) is 5.91 Å². The average molecular weight is 341 g/mol. The second-order valence-electron chi connectivity index (χ2n) is 5.34. The van der Waals surface area contributed by atoms with Crippen LogP contribution < -0.4 is 11.1 Å². The summed E-state index contributed by atoms with van der Waals surface area (Å²) in [5, 5.41) is 3.04. The summed E-state index contributed by atoms with van der Waals surface area (Å²) in [4.78, 5) is 12.6. The zero-order valence-corrected chi connectivity index (χ0v) is 13.3. The molecule has 20 heavy (non-hydrogen) atoms. The molecule has 1 aromatic rings. The van der Waals surface area contributed by atoms with Crippen LogP contribution in [-0.2, 0) is 16.1 Å². The van der Waals surface area contributed by atoms with E-state index in [2.05, 4.69) is 21.2 Å². The van der Waals surface area contributed by atoms with Crippen LogP contribution in [-0.4, -0.2) is 19.6 Å². The third-order valence-electron chi connectivity index (χ3n) is 4.09. The lowest BCUT2D eigenvalue weighted by Crippen LogP contribution is -2.40. The van der Waals surface area contributed by atoms with Crippen LogP contribution in [0.3, 0.4) is 0 Å². The van der Waals surface area contributed by atoms with E-state index in [1.165, 1.54) is 0 Å². The molecule has 0 radical (unpaired) electrons. The molecule has 2 rings (SSSR count). The molecule has 0 unspecified atom stereocenters. The van der Waals surface area contributed by atoms with Crippen molar-refractivity contribution in [3.8, 4) is 0 Å². The number of carbonyl (C=O) groups is 1. The Balaban J connectivity index is 2.21. The van der Waals surface area contributed by atoms with Crippen LogP contribution >= 0.6 is 15.9 Å². The number of rotatable bonds is 5. The van der Waals surface area contributed by atoms with Gasteiger partial charge in [0.05, 0.1) is 12.0 Å². The average Bonchev–Trinajstić information content (AvgIpc) is 2.93. The van der Waals surface area contributed by atoms with Gasteiger partial charge in [-0.15, -0.1) is 0 Å². The summed E-state index contributed by atoms with van der Waals surface area (Å²) in [6.45, 7) is 0.860. The fourth-order valence-electron chi connectivity index (χ4n) is 2.80. The van der Waals surface area contributed by atoms with Crippen molar-refractivity contribution in [2.24, 2.45) is 11.1 Å². The molecule has 5 heteroatoms. The van der Waals surface area contributed by atoms with Crippen molar-refractivity contribution in [1.82, 2.24) is 0 Å². The maximum Gasteiger partial charge on any atom is 0.231 e. The highest BCUT2D eigenvalue weighted by Gasteiger charge is 2.39. The number of hydrogen-bond donors (Lipinski definition) is 2. The van der Waals surface area contributed by atoms with E-state index in [1.807, 2.05) is 18.2 Å². The first-order chi connectivity index (χ1) is 9.63. The number of methoxy groups -OCH3 is 1. The van der Waals surface area contributed by atoms with Gasteiger partial charge in [0.15, 0.2) is 0 Å². The molecule has 3 N–H and O–H groups in total. The van der Waals surface area contributed by atoms with Gasteiger partial charge in [0.1, 0.15) is 0 Å². The largest absolute Gasteiger partial charge is 0.380 e. The van der Waals surface area contributed by atoms with Crippen molar-refractivity contribution in [2.75, 3.05) is 19.0 Å². The Morgan fingerprint density at radius 3 is 2.75 bits per heavy atom. The topological polar surface area (TPSA) is 64.3 Å². The standard InChI is InChI=1S/C15H21BrN2O2/c1-20-9-11-12(16)5-4-6-13(11)18-14(19)15(10-17)7-2-3-8-15/h4-6H,2-3,7-10,17H2,1H3,(H,18,19). The summed E-state index contributed by atoms with van der Waals surface area (Å²) in [7, 11) is 1.64. The van der Waals surface area contributed by atoms with Gasteiger partial charge in [-0.25, -0.2) is 0 Å². The van der Waals surface area contributed by atoms with Gasteiger partial charge in [-0.2, -0.15) is 0 Å². The summed E-state index contributed by atoms with van der Waals surface area (Å²) < 4.78 is 6.14. The number of hydrogen-bond acceptors (Lipinski definition) is 3. The number of benzene rings is 1. The predicted molar refractivity (Wildman–Crippen MR) is 83.4 cm³/mol. The molecule has 1 amide bonds. The van der Waals surface area contributed by atoms with Crippen LogP contribution in [0.25, 0.3) is 0 Å². The summed E-state index contributed by atoms with van der Waals surface area (Å²) in [5.41, 5.74) is 7.21. The quantitative estimate of drug-likeness (QED) is 0.865. The summed E-state index contributed by atoms with van der Waals surface area (Å²) in [6.07, 6.45) is 3.91. The minimum atomic E-state index is -0.396. The summed E-state index contributed by atoms with van der Waals surface area (Å²) in [5.74, 6) is 0.0351. The van der Waals surface area contributed by atoms with E-state index in [4.69, 9.17) is 10.5 Å². The first-order valence-corrected chi connectivity index (χ1v) is 7.70. The van der Waals surface area contributed by atoms with Crippen LogP contribution in [0.1, 0.15) is 31.2 Å². The van der Waals surface area contributed by atoms with Gasteiger partial charge in [0.25, 0.3) is 0 Å². The first-order valence-electron chi connectivity index (χ1n) is 6.91. The molecule has 110 valence electrons. The molecule has 1 saturated carbocycles. The zero-order chi connectivity index (χ0) is 14.6. The molecule has 0 bridgehead atoms. The SMILES string of the molecule is COCc1c(Br)cccc1NC(=O)C1(CN)CCCC1. The Bertz CT molecular complexity index is 485. The van der Waals surface area contributed by atoms with Crippen LogP contribution in [0.2, 0.25) is 0 Å². The number of carbonyl (C=O) groups excluding carboxylic acids is 1. The molecule has 1 aromatic carbocycles. The molecular weight excluding hydrogens is 320 g/mol. The molecule has 1 fully saturated rings. The van der Waals surface area contributed by atoms with Crippen molar-refractivity contribution in [1.29, 1.82) is 0 Å². The van der Waals surface area contributed by atoms with E-state index in [-0.39, 0.29) is 5.91 Å². The molecule has 0 aliphatic heterocycles. The van der Waals surface area contributed by atoms with Crippen molar-refractivity contribution in [3.05, 3.63) is 28.2 Å². The summed E-state index contributed by atoms with van der Waals surface area (Å²) >= 11 is 3.50. The monoisotopic (exact) mass is 340 g/mol. The fourth-order valence-corrected chi connectivity index (χ4v) is 3.28. The minimum Gasteiger partial charge on any atom is -0.380 e. The maximum absolute atomic E-state index is 12.6. The van der Waals surface area contributed by atoms with Crippen LogP contribution in [0.15, 0.2) is 22.7 Å². The van der Waals surface area contributed by atoms with Crippen molar-refractivity contribution < 1.29 is 9.53 Å². The Hall–Kier alpha value is -0.910. The number of anilines is 1. The highest BCUT2D eigenvalue weighted by atomic mass is 79.9. The Labute approximate surface area is 128 Å². The number of nitrogens with two attached hydrogens (primary N) is 1. The predicted octanol–water partition coefficient (Wildman–Crippen LogP) is 3.05. The second-order valence-corrected chi connectivity index (χ2v) is 6.20. The number of nitrogens with one attached hydrogen (secondary N) is 1. The van der Waals surface area contributed by atoms with E-state index in [0.717, 1.165) is 41.4 Å². The molecule has 0 atom stereocenters. The highest BCUT2D eigenvalue weighted by Crippen LogP contribution is 2.38. The third kappa shape index (κ3) is 3.05. The lowest BCUT2D eigenvalue weighted by Gasteiger charge is -2.26. The van der Waals surface area contributed by atoms with Crippen molar-refractivity contribution in [2.45, 2.75) is 32.3 Å². The molecule has 1 aliphatic carbocycles. The number of amides is 1. The lowest BCUT2D eigenvalue weighted by atomic mass is 9.85. The molecule has 0 aromatic heterocycles. The van der Waals surface area contributed by atoms with Crippen molar-refractivity contribution >= 4 is 27.5 Å². The van der Waals surface area contributed by atoms with Gasteiger partial charge >= 0.3 is 0 Å². The Morgan fingerprint density at radius 1 is 1.45 bits per heavy atom. The van der Waals surface area contributed by atoms with Crippen molar-refractivity contribution in [3.63, 3.8) is 0 Å². The molecule has 1 aliphatic rings. The van der Waals surface area contributed by atoms with Crippen LogP contribution in [0.4, 0.5) is 5.69 Å². The van der Waals surface area contributed by atoms with Gasteiger partial charge in [0, 0.05) is 29.4 Å². The third-order valence-corrected chi connectivity index (χ3v) is 4.83. The van der Waals surface area contributed by atoms with Gasteiger partial charge in [-0.05, 0) is 25.0 Å². The Morgan fingerprint density at radius 2 is 2.15 bits per heavy atom. The summed E-state index contributed by atoms with van der Waals surface area (Å²) in [6, 6.07) is 5.75. The van der Waals surface area contributed by atoms with Gasteiger partial charge < -0.3 is 15.8 Å². The molecule has 0 saturated heterocycles. The lowest BCUT2D eigenvalue weighted by molar-refractivity contribution is -0.124. The zero-order valence-electron chi connectivity index (χ0n) is 11.7. The van der Waals surface area contributed by atoms with Crippen LogP contribution in [0.5, 0.6) is 0 Å². The van der Waals surface area contributed by atoms with E-state index in [9.17, 15) is 4.79 Å². The van der Waals surface area contributed by atoms with Crippen LogP contribution in [0, 0.1) is 5.41 Å². The molecular formula is C15H21BrN2O2. The molecule has 0 heterocycles. The maximum atomic E-state index is 12.6. The Kier molecular flexibility index (Phi) is 5.18.